The smallest absolute Gasteiger partial charge is 0.317 e. The van der Waals surface area contributed by atoms with E-state index in [0.717, 1.165) is 23.3 Å². The molecule has 1 aromatic heterocycles. The molecule has 154 valence electrons. The first-order chi connectivity index (χ1) is 13.9. The van der Waals surface area contributed by atoms with E-state index in [-0.39, 0.29) is 24.1 Å². The van der Waals surface area contributed by atoms with Gasteiger partial charge in [0.1, 0.15) is 5.82 Å². The molecule has 0 bridgehead atoms. The Morgan fingerprint density at radius 2 is 1.79 bits per heavy atom. The summed E-state index contributed by atoms with van der Waals surface area (Å²) in [7, 11) is 0. The Morgan fingerprint density at radius 1 is 1.10 bits per heavy atom. The first kappa shape index (κ1) is 21.2. The number of ether oxygens (including phenoxy) is 1. The molecule has 0 radical (unpaired) electrons. The largest absolute Gasteiger partial charge is 0.457 e. The van der Waals surface area contributed by atoms with Crippen molar-refractivity contribution in [3.8, 4) is 0 Å². The fourth-order valence-electron chi connectivity index (χ4n) is 3.72. The second kappa shape index (κ2) is 9.31. The van der Waals surface area contributed by atoms with Gasteiger partial charge in [-0.3, -0.25) is 14.4 Å². The van der Waals surface area contributed by atoms with Crippen molar-refractivity contribution in [3.05, 3.63) is 57.5 Å². The maximum absolute atomic E-state index is 13.3. The Hall–Kier alpha value is -2.54. The van der Waals surface area contributed by atoms with Crippen LogP contribution in [-0.2, 0) is 26.2 Å². The van der Waals surface area contributed by atoms with Crippen LogP contribution in [0.4, 0.5) is 4.39 Å². The fourth-order valence-corrected chi connectivity index (χ4v) is 4.65. The van der Waals surface area contributed by atoms with Crippen LogP contribution in [0.15, 0.2) is 36.4 Å². The number of carbonyl (C=O) groups is 3. The second-order valence-corrected chi connectivity index (χ2v) is 8.46. The third-order valence-electron chi connectivity index (χ3n) is 5.26. The number of benzene rings is 1. The summed E-state index contributed by atoms with van der Waals surface area (Å²) in [6.45, 7) is 1.66. The Balaban J connectivity index is 1.60. The summed E-state index contributed by atoms with van der Waals surface area (Å²) in [6.07, 6.45) is 3.70. The van der Waals surface area contributed by atoms with Crippen LogP contribution >= 0.6 is 11.3 Å². The SMILES string of the molecule is CC(=O)NCCc1ccc(C(=O)COC(=O)C2(c3ccc(F)cc3)CCCC2)s1. The van der Waals surface area contributed by atoms with Crippen molar-refractivity contribution in [3.63, 3.8) is 0 Å². The monoisotopic (exact) mass is 417 g/mol. The van der Waals surface area contributed by atoms with Crippen molar-refractivity contribution in [2.45, 2.75) is 44.4 Å². The van der Waals surface area contributed by atoms with Crippen LogP contribution in [0.25, 0.3) is 0 Å². The Labute approximate surface area is 173 Å². The Kier molecular flexibility index (Phi) is 6.79. The minimum absolute atomic E-state index is 0.0910. The standard InChI is InChI=1S/C22H24FNO4S/c1-15(25)24-13-10-18-8-9-20(29-18)19(26)14-28-21(27)22(11-2-3-12-22)16-4-6-17(23)7-5-16/h4-9H,2-3,10-14H2,1H3,(H,24,25). The van der Waals surface area contributed by atoms with Crippen molar-refractivity contribution >= 4 is 29.0 Å². The van der Waals surface area contributed by atoms with E-state index in [4.69, 9.17) is 4.74 Å². The van der Waals surface area contributed by atoms with Crippen LogP contribution in [0.2, 0.25) is 0 Å². The van der Waals surface area contributed by atoms with Crippen LogP contribution in [0, 0.1) is 5.82 Å². The molecule has 7 heteroatoms. The number of halogens is 1. The summed E-state index contributed by atoms with van der Waals surface area (Å²) in [4.78, 5) is 37.8. The van der Waals surface area contributed by atoms with E-state index < -0.39 is 11.4 Å². The van der Waals surface area contributed by atoms with E-state index in [2.05, 4.69) is 5.32 Å². The zero-order chi connectivity index (χ0) is 20.9. The molecule has 5 nitrogen and oxygen atoms in total. The molecule has 0 atom stereocenters. The molecule has 1 fully saturated rings. The van der Waals surface area contributed by atoms with E-state index in [1.807, 2.05) is 6.07 Å². The number of rotatable bonds is 8. The highest BCUT2D eigenvalue weighted by Crippen LogP contribution is 2.42. The van der Waals surface area contributed by atoms with Gasteiger partial charge in [0, 0.05) is 18.3 Å². The quantitative estimate of drug-likeness (QED) is 0.524. The fraction of sp³-hybridized carbons (Fsp3) is 0.409. The van der Waals surface area contributed by atoms with Gasteiger partial charge in [-0.1, -0.05) is 25.0 Å². The molecular formula is C22H24FNO4S. The lowest BCUT2D eigenvalue weighted by atomic mass is 9.79. The molecule has 3 rings (SSSR count). The third kappa shape index (κ3) is 5.09. The van der Waals surface area contributed by atoms with Crippen molar-refractivity contribution in [1.82, 2.24) is 5.32 Å². The summed E-state index contributed by atoms with van der Waals surface area (Å²) in [5.41, 5.74) is -0.0577. The average molecular weight is 418 g/mol. The molecule has 0 spiro atoms. The van der Waals surface area contributed by atoms with Gasteiger partial charge < -0.3 is 10.1 Å². The Bertz CT molecular complexity index is 884. The average Bonchev–Trinajstić information content (AvgIpc) is 3.37. The van der Waals surface area contributed by atoms with E-state index >= 15 is 0 Å². The molecule has 1 aromatic carbocycles. The number of hydrogen-bond acceptors (Lipinski definition) is 5. The van der Waals surface area contributed by atoms with E-state index in [1.54, 1.807) is 18.2 Å². The lowest BCUT2D eigenvalue weighted by molar-refractivity contribution is -0.149. The van der Waals surface area contributed by atoms with Crippen LogP contribution in [0.3, 0.4) is 0 Å². The van der Waals surface area contributed by atoms with E-state index in [0.29, 0.717) is 30.7 Å². The van der Waals surface area contributed by atoms with Gasteiger partial charge in [-0.2, -0.15) is 0 Å². The van der Waals surface area contributed by atoms with E-state index in [9.17, 15) is 18.8 Å². The molecule has 1 heterocycles. The zero-order valence-corrected chi connectivity index (χ0v) is 17.1. The number of nitrogens with one attached hydrogen (secondary N) is 1. The van der Waals surface area contributed by atoms with Gasteiger partial charge in [-0.05, 0) is 49.1 Å². The van der Waals surface area contributed by atoms with Gasteiger partial charge in [-0.15, -0.1) is 11.3 Å². The molecule has 2 aromatic rings. The van der Waals surface area contributed by atoms with Gasteiger partial charge in [0.05, 0.1) is 10.3 Å². The first-order valence-electron chi connectivity index (χ1n) is 9.70. The van der Waals surface area contributed by atoms with Gasteiger partial charge in [0.25, 0.3) is 0 Å². The van der Waals surface area contributed by atoms with Gasteiger partial charge in [0.2, 0.25) is 11.7 Å². The summed E-state index contributed by atoms with van der Waals surface area (Å²) in [5, 5.41) is 2.72. The minimum Gasteiger partial charge on any atom is -0.457 e. The lowest BCUT2D eigenvalue weighted by Gasteiger charge is -2.27. The highest BCUT2D eigenvalue weighted by Gasteiger charge is 2.44. The van der Waals surface area contributed by atoms with Crippen molar-refractivity contribution in [1.29, 1.82) is 0 Å². The summed E-state index contributed by atoms with van der Waals surface area (Å²) < 4.78 is 18.7. The topological polar surface area (TPSA) is 72.5 Å². The van der Waals surface area contributed by atoms with Crippen LogP contribution in [-0.4, -0.2) is 30.8 Å². The van der Waals surface area contributed by atoms with Gasteiger partial charge in [0.15, 0.2) is 6.61 Å². The maximum Gasteiger partial charge on any atom is 0.317 e. The number of esters is 1. The number of amides is 1. The van der Waals surface area contributed by atoms with Gasteiger partial charge >= 0.3 is 5.97 Å². The predicted octanol–water partition coefficient (Wildman–Crippen LogP) is 3.80. The molecular weight excluding hydrogens is 393 g/mol. The minimum atomic E-state index is -0.799. The second-order valence-electron chi connectivity index (χ2n) is 7.29. The number of Topliss-reactive ketones (excluding diaryl/α,β-unsaturated/α-hetero) is 1. The maximum atomic E-state index is 13.3. The van der Waals surface area contributed by atoms with Crippen LogP contribution < -0.4 is 5.32 Å². The Morgan fingerprint density at radius 3 is 2.45 bits per heavy atom. The molecule has 0 aliphatic heterocycles. The number of ketones is 1. The molecule has 1 aliphatic carbocycles. The molecule has 29 heavy (non-hydrogen) atoms. The van der Waals surface area contributed by atoms with E-state index in [1.165, 1.54) is 30.4 Å². The number of hydrogen-bond donors (Lipinski definition) is 1. The molecule has 1 amide bonds. The number of carbonyl (C=O) groups excluding carboxylic acids is 3. The molecule has 0 saturated heterocycles. The first-order valence-corrected chi connectivity index (χ1v) is 10.5. The van der Waals surface area contributed by atoms with Crippen LogP contribution in [0.5, 0.6) is 0 Å². The normalized spacial score (nSPS) is 15.1. The highest BCUT2D eigenvalue weighted by molar-refractivity contribution is 7.14. The van der Waals surface area contributed by atoms with Crippen molar-refractivity contribution < 1.29 is 23.5 Å². The summed E-state index contributed by atoms with van der Waals surface area (Å²) >= 11 is 1.34. The molecule has 0 unspecified atom stereocenters. The van der Waals surface area contributed by atoms with Gasteiger partial charge in [-0.25, -0.2) is 4.39 Å². The zero-order valence-electron chi connectivity index (χ0n) is 16.3. The van der Waals surface area contributed by atoms with Crippen LogP contribution in [0.1, 0.15) is 52.7 Å². The lowest BCUT2D eigenvalue weighted by Crippen LogP contribution is -2.35. The van der Waals surface area contributed by atoms with Crippen molar-refractivity contribution in [2.75, 3.05) is 13.2 Å². The molecule has 1 saturated carbocycles. The van der Waals surface area contributed by atoms with Crippen molar-refractivity contribution in [2.24, 2.45) is 0 Å². The summed E-state index contributed by atoms with van der Waals surface area (Å²) in [5.74, 6) is -1.11. The number of thiophene rings is 1. The predicted molar refractivity (Wildman–Crippen MR) is 109 cm³/mol. The molecule has 1 aliphatic rings. The molecule has 1 N–H and O–H groups in total. The summed E-state index contributed by atoms with van der Waals surface area (Å²) in [6, 6.07) is 9.52. The third-order valence-corrected chi connectivity index (χ3v) is 6.45. The highest BCUT2D eigenvalue weighted by atomic mass is 32.1.